The summed E-state index contributed by atoms with van der Waals surface area (Å²) in [6.07, 6.45) is 1.28. The van der Waals surface area contributed by atoms with Gasteiger partial charge in [-0.05, 0) is 12.1 Å². The van der Waals surface area contributed by atoms with Gasteiger partial charge in [-0.1, -0.05) is 23.7 Å². The van der Waals surface area contributed by atoms with Gasteiger partial charge in [-0.2, -0.15) is 0 Å². The molecule has 0 amide bonds. The van der Waals surface area contributed by atoms with Gasteiger partial charge in [0.2, 0.25) is 0 Å². The number of nitrogens with zero attached hydrogens (tertiary/aromatic N) is 2. The molecule has 0 bridgehead atoms. The van der Waals surface area contributed by atoms with Crippen LogP contribution in [0.4, 0.5) is 0 Å². The molecule has 0 saturated carbocycles. The third-order valence-corrected chi connectivity index (χ3v) is 4.40. The first-order chi connectivity index (χ1) is 9.83. The first kappa shape index (κ1) is 11.9. The van der Waals surface area contributed by atoms with Crippen molar-refractivity contribution in [2.75, 3.05) is 6.61 Å². The SMILES string of the molecule is Clc1ncnc2scc([C@@H]3COc4ccccc4O3)c12. The quantitative estimate of drug-likeness (QED) is 0.640. The number of ether oxygens (including phenoxy) is 2. The molecule has 1 atom stereocenters. The van der Waals surface area contributed by atoms with Crippen LogP contribution in [0.3, 0.4) is 0 Å². The van der Waals surface area contributed by atoms with Crippen molar-refractivity contribution in [3.05, 3.63) is 46.7 Å². The Morgan fingerprint density at radius 2 is 2.05 bits per heavy atom. The van der Waals surface area contributed by atoms with Gasteiger partial charge in [-0.25, -0.2) is 9.97 Å². The van der Waals surface area contributed by atoms with E-state index in [4.69, 9.17) is 21.1 Å². The van der Waals surface area contributed by atoms with Crippen molar-refractivity contribution >= 4 is 33.2 Å². The first-order valence-electron chi connectivity index (χ1n) is 6.09. The van der Waals surface area contributed by atoms with E-state index >= 15 is 0 Å². The number of rotatable bonds is 1. The summed E-state index contributed by atoms with van der Waals surface area (Å²) in [6, 6.07) is 7.64. The number of aromatic nitrogens is 2. The lowest BCUT2D eigenvalue weighted by molar-refractivity contribution is 0.0925. The minimum absolute atomic E-state index is 0.192. The maximum Gasteiger partial charge on any atom is 0.162 e. The summed E-state index contributed by atoms with van der Waals surface area (Å²) in [6.45, 7) is 0.452. The summed E-state index contributed by atoms with van der Waals surface area (Å²) >= 11 is 7.71. The third kappa shape index (κ3) is 1.82. The molecule has 4 rings (SSSR count). The summed E-state index contributed by atoms with van der Waals surface area (Å²) in [7, 11) is 0. The summed E-state index contributed by atoms with van der Waals surface area (Å²) in [5.74, 6) is 1.52. The molecule has 1 aliphatic heterocycles. The standard InChI is InChI=1S/C14H9ClN2O2S/c15-13-12-8(6-20-14(12)17-7-16-13)11-5-18-9-3-1-2-4-10(9)19-11/h1-4,6-7,11H,5H2/t11-/m0/s1. The molecule has 0 radical (unpaired) electrons. The van der Waals surface area contributed by atoms with Gasteiger partial charge in [0.05, 0.1) is 5.39 Å². The lowest BCUT2D eigenvalue weighted by atomic mass is 10.1. The smallest absolute Gasteiger partial charge is 0.162 e. The number of thiophene rings is 1. The average Bonchev–Trinajstić information content (AvgIpc) is 2.92. The van der Waals surface area contributed by atoms with Gasteiger partial charge in [0.15, 0.2) is 17.6 Å². The van der Waals surface area contributed by atoms with Gasteiger partial charge in [0.1, 0.15) is 22.9 Å². The zero-order valence-corrected chi connectivity index (χ0v) is 11.8. The summed E-state index contributed by atoms with van der Waals surface area (Å²) in [5.41, 5.74) is 0.977. The number of hydrogen-bond donors (Lipinski definition) is 0. The molecule has 0 aliphatic carbocycles. The number of benzene rings is 1. The van der Waals surface area contributed by atoms with Gasteiger partial charge in [0, 0.05) is 10.9 Å². The van der Waals surface area contributed by atoms with Crippen LogP contribution in [0.5, 0.6) is 11.5 Å². The zero-order chi connectivity index (χ0) is 13.5. The van der Waals surface area contributed by atoms with Gasteiger partial charge in [-0.3, -0.25) is 0 Å². The number of halogens is 1. The molecule has 100 valence electrons. The second-order valence-corrected chi connectivity index (χ2v) is 5.62. The Hall–Kier alpha value is -1.85. The summed E-state index contributed by atoms with van der Waals surface area (Å²) in [5, 5.41) is 3.31. The van der Waals surface area contributed by atoms with E-state index < -0.39 is 0 Å². The van der Waals surface area contributed by atoms with Gasteiger partial charge < -0.3 is 9.47 Å². The third-order valence-electron chi connectivity index (χ3n) is 3.21. The van der Waals surface area contributed by atoms with Crippen LogP contribution in [0.25, 0.3) is 10.2 Å². The van der Waals surface area contributed by atoms with E-state index in [1.165, 1.54) is 17.7 Å². The lowest BCUT2D eigenvalue weighted by Crippen LogP contribution is -2.21. The predicted molar refractivity (Wildman–Crippen MR) is 77.7 cm³/mol. The molecule has 0 fully saturated rings. The maximum absolute atomic E-state index is 6.18. The Balaban J connectivity index is 1.78. The molecular formula is C14H9ClN2O2S. The highest BCUT2D eigenvalue weighted by Crippen LogP contribution is 2.40. The van der Waals surface area contributed by atoms with Crippen LogP contribution < -0.4 is 9.47 Å². The van der Waals surface area contributed by atoms with E-state index in [0.29, 0.717) is 11.8 Å². The molecule has 1 aromatic carbocycles. The first-order valence-corrected chi connectivity index (χ1v) is 7.35. The monoisotopic (exact) mass is 304 g/mol. The topological polar surface area (TPSA) is 44.2 Å². The van der Waals surface area contributed by atoms with E-state index in [1.54, 1.807) is 0 Å². The van der Waals surface area contributed by atoms with Crippen molar-refractivity contribution in [3.8, 4) is 11.5 Å². The fourth-order valence-corrected chi connectivity index (χ4v) is 3.52. The van der Waals surface area contributed by atoms with Gasteiger partial charge in [-0.15, -0.1) is 11.3 Å². The van der Waals surface area contributed by atoms with E-state index in [0.717, 1.165) is 27.3 Å². The minimum Gasteiger partial charge on any atom is -0.485 e. The maximum atomic E-state index is 6.18. The molecular weight excluding hydrogens is 296 g/mol. The van der Waals surface area contributed by atoms with Crippen molar-refractivity contribution in [1.82, 2.24) is 9.97 Å². The Morgan fingerprint density at radius 3 is 2.95 bits per heavy atom. The molecule has 0 N–H and O–H groups in total. The Morgan fingerprint density at radius 1 is 1.20 bits per heavy atom. The normalized spacial score (nSPS) is 17.4. The largest absolute Gasteiger partial charge is 0.485 e. The molecule has 0 spiro atoms. The van der Waals surface area contributed by atoms with Crippen LogP contribution >= 0.6 is 22.9 Å². The van der Waals surface area contributed by atoms with Crippen LogP contribution in [0, 0.1) is 0 Å². The van der Waals surface area contributed by atoms with Crippen molar-refractivity contribution in [1.29, 1.82) is 0 Å². The summed E-state index contributed by atoms with van der Waals surface area (Å²) < 4.78 is 11.8. The Labute approximate surface area is 124 Å². The number of hydrogen-bond acceptors (Lipinski definition) is 5. The Bertz CT molecular complexity index is 790. The van der Waals surface area contributed by atoms with E-state index in [2.05, 4.69) is 9.97 Å². The molecule has 3 aromatic rings. The number of para-hydroxylation sites is 2. The van der Waals surface area contributed by atoms with Crippen molar-refractivity contribution < 1.29 is 9.47 Å². The molecule has 20 heavy (non-hydrogen) atoms. The Kier molecular flexibility index (Phi) is 2.75. The van der Waals surface area contributed by atoms with Crippen molar-refractivity contribution in [2.45, 2.75) is 6.10 Å². The van der Waals surface area contributed by atoms with Crippen LogP contribution in [-0.2, 0) is 0 Å². The fraction of sp³-hybridized carbons (Fsp3) is 0.143. The minimum atomic E-state index is -0.192. The van der Waals surface area contributed by atoms with Crippen molar-refractivity contribution in [2.24, 2.45) is 0 Å². The van der Waals surface area contributed by atoms with Crippen LogP contribution in [0.15, 0.2) is 36.0 Å². The van der Waals surface area contributed by atoms with Crippen LogP contribution in [-0.4, -0.2) is 16.6 Å². The van der Waals surface area contributed by atoms with E-state index in [9.17, 15) is 0 Å². The van der Waals surface area contributed by atoms with Gasteiger partial charge in [0.25, 0.3) is 0 Å². The van der Waals surface area contributed by atoms with Crippen molar-refractivity contribution in [3.63, 3.8) is 0 Å². The number of fused-ring (bicyclic) bond motifs is 2. The van der Waals surface area contributed by atoms with E-state index in [1.807, 2.05) is 29.6 Å². The predicted octanol–water partition coefficient (Wildman–Crippen LogP) is 3.86. The molecule has 1 aliphatic rings. The summed E-state index contributed by atoms with van der Waals surface area (Å²) in [4.78, 5) is 9.14. The highest BCUT2D eigenvalue weighted by atomic mass is 35.5. The lowest BCUT2D eigenvalue weighted by Gasteiger charge is -2.26. The zero-order valence-electron chi connectivity index (χ0n) is 10.2. The van der Waals surface area contributed by atoms with Crippen LogP contribution in [0.2, 0.25) is 5.15 Å². The second kappa shape index (κ2) is 4.61. The fourth-order valence-electron chi connectivity index (χ4n) is 2.27. The average molecular weight is 305 g/mol. The highest BCUT2D eigenvalue weighted by Gasteiger charge is 2.26. The highest BCUT2D eigenvalue weighted by molar-refractivity contribution is 7.17. The molecule has 3 heterocycles. The molecule has 6 heteroatoms. The van der Waals surface area contributed by atoms with Gasteiger partial charge >= 0.3 is 0 Å². The molecule has 4 nitrogen and oxygen atoms in total. The van der Waals surface area contributed by atoms with E-state index in [-0.39, 0.29) is 6.10 Å². The molecule has 0 saturated heterocycles. The molecule has 2 aromatic heterocycles. The molecule has 0 unspecified atom stereocenters. The second-order valence-electron chi connectivity index (χ2n) is 4.40. The van der Waals surface area contributed by atoms with Crippen LogP contribution in [0.1, 0.15) is 11.7 Å².